The van der Waals surface area contributed by atoms with Gasteiger partial charge >= 0.3 is 0 Å². The summed E-state index contributed by atoms with van der Waals surface area (Å²) in [5.41, 5.74) is -0.00810. The maximum atomic E-state index is 13.0. The van der Waals surface area contributed by atoms with Crippen LogP contribution in [0.5, 0.6) is 5.75 Å². The quantitative estimate of drug-likeness (QED) is 0.416. The van der Waals surface area contributed by atoms with Crippen LogP contribution in [0.1, 0.15) is 30.2 Å². The second kappa shape index (κ2) is 8.34. The largest absolute Gasteiger partial charge is 0.507 e. The number of aliphatic hydroxyl groups is 1. The van der Waals surface area contributed by atoms with E-state index in [4.69, 9.17) is 37.1 Å². The van der Waals surface area contributed by atoms with Crippen molar-refractivity contribution >= 4 is 40.7 Å². The second-order valence-corrected chi connectivity index (χ2v) is 7.91. The molecule has 1 aromatic carbocycles. The number of amides is 1. The first kappa shape index (κ1) is 20.8. The Kier molecular flexibility index (Phi) is 5.77. The zero-order valence-corrected chi connectivity index (χ0v) is 17.6. The van der Waals surface area contributed by atoms with E-state index in [9.17, 15) is 14.7 Å². The van der Waals surface area contributed by atoms with Gasteiger partial charge in [0.2, 0.25) is 0 Å². The SMILES string of the molecule is COc1c(Cl)cc(Cl)cc1/C(O)=C1/C(=O)C(=O)N(CC2CCCO2)C1c1ccco1. The number of carbonyl (C=O) groups is 2. The highest BCUT2D eigenvalue weighted by molar-refractivity contribution is 6.46. The number of rotatable bonds is 5. The van der Waals surface area contributed by atoms with Crippen LogP contribution in [0.4, 0.5) is 0 Å². The summed E-state index contributed by atoms with van der Waals surface area (Å²) in [6.45, 7) is 0.818. The summed E-state index contributed by atoms with van der Waals surface area (Å²) in [7, 11) is 1.38. The van der Waals surface area contributed by atoms with Gasteiger partial charge in [0.15, 0.2) is 0 Å². The lowest BCUT2D eigenvalue weighted by atomic mass is 9.98. The van der Waals surface area contributed by atoms with Crippen molar-refractivity contribution in [1.29, 1.82) is 0 Å². The van der Waals surface area contributed by atoms with Crippen molar-refractivity contribution in [2.75, 3.05) is 20.3 Å². The highest BCUT2D eigenvalue weighted by Gasteiger charge is 2.48. The molecule has 0 aliphatic carbocycles. The molecule has 2 aromatic rings. The number of Topliss-reactive ketones (excluding diaryl/α,β-unsaturated/α-hetero) is 1. The highest BCUT2D eigenvalue weighted by atomic mass is 35.5. The molecule has 3 heterocycles. The first-order chi connectivity index (χ1) is 14.4. The Bertz CT molecular complexity index is 1010. The van der Waals surface area contributed by atoms with Crippen LogP contribution in [0.25, 0.3) is 5.76 Å². The summed E-state index contributed by atoms with van der Waals surface area (Å²) in [4.78, 5) is 27.2. The Labute approximate surface area is 182 Å². The Morgan fingerprint density at radius 3 is 2.77 bits per heavy atom. The number of nitrogens with zero attached hydrogens (tertiary/aromatic N) is 1. The number of carbonyl (C=O) groups excluding carboxylic acids is 2. The lowest BCUT2D eigenvalue weighted by Crippen LogP contribution is -2.36. The van der Waals surface area contributed by atoms with Crippen molar-refractivity contribution in [1.82, 2.24) is 4.90 Å². The normalized spacial score (nSPS) is 23.4. The number of ether oxygens (including phenoxy) is 2. The topological polar surface area (TPSA) is 89.2 Å². The van der Waals surface area contributed by atoms with E-state index in [1.165, 1.54) is 30.4 Å². The molecule has 4 rings (SSSR count). The molecule has 0 spiro atoms. The minimum Gasteiger partial charge on any atom is -0.507 e. The van der Waals surface area contributed by atoms with Crippen LogP contribution in [-0.4, -0.2) is 48.1 Å². The van der Waals surface area contributed by atoms with E-state index >= 15 is 0 Å². The van der Waals surface area contributed by atoms with Crippen LogP contribution < -0.4 is 4.74 Å². The van der Waals surface area contributed by atoms with Crippen LogP contribution in [0.3, 0.4) is 0 Å². The fourth-order valence-corrected chi connectivity index (χ4v) is 4.48. The van der Waals surface area contributed by atoms with E-state index < -0.39 is 23.5 Å². The Morgan fingerprint density at radius 2 is 2.13 bits per heavy atom. The molecule has 1 aromatic heterocycles. The lowest BCUT2D eigenvalue weighted by molar-refractivity contribution is -0.141. The first-order valence-electron chi connectivity index (χ1n) is 9.39. The van der Waals surface area contributed by atoms with Crippen molar-refractivity contribution in [3.63, 3.8) is 0 Å². The molecule has 7 nitrogen and oxygen atoms in total. The minimum atomic E-state index is -0.910. The average Bonchev–Trinajstić information content (AvgIpc) is 3.46. The van der Waals surface area contributed by atoms with Gasteiger partial charge in [-0.25, -0.2) is 0 Å². The van der Waals surface area contributed by atoms with Gasteiger partial charge in [-0.15, -0.1) is 0 Å². The summed E-state index contributed by atoms with van der Waals surface area (Å²) in [6.07, 6.45) is 2.93. The lowest BCUT2D eigenvalue weighted by Gasteiger charge is -2.25. The number of hydrogen-bond acceptors (Lipinski definition) is 6. The molecule has 1 N–H and O–H groups in total. The van der Waals surface area contributed by atoms with Crippen molar-refractivity contribution in [3.05, 3.63) is 57.5 Å². The molecule has 2 fully saturated rings. The van der Waals surface area contributed by atoms with Crippen LogP contribution in [-0.2, 0) is 14.3 Å². The van der Waals surface area contributed by atoms with Gasteiger partial charge in [-0.2, -0.15) is 0 Å². The van der Waals surface area contributed by atoms with Gasteiger partial charge in [0, 0.05) is 18.2 Å². The van der Waals surface area contributed by atoms with E-state index in [0.717, 1.165) is 12.8 Å². The molecule has 2 aliphatic heterocycles. The van der Waals surface area contributed by atoms with E-state index in [1.807, 2.05) is 0 Å². The Hall–Kier alpha value is -2.48. The molecule has 9 heteroatoms. The molecule has 2 saturated heterocycles. The fraction of sp³-hybridized carbons (Fsp3) is 0.333. The van der Waals surface area contributed by atoms with E-state index in [-0.39, 0.29) is 39.6 Å². The molecule has 0 radical (unpaired) electrons. The van der Waals surface area contributed by atoms with Crippen LogP contribution in [0, 0.1) is 0 Å². The van der Waals surface area contributed by atoms with Gasteiger partial charge in [0.1, 0.15) is 23.3 Å². The number of likely N-dealkylation sites (tertiary alicyclic amines) is 1. The molecule has 2 aliphatic rings. The van der Waals surface area contributed by atoms with Crippen LogP contribution in [0.2, 0.25) is 10.0 Å². The number of methoxy groups -OCH3 is 1. The van der Waals surface area contributed by atoms with Crippen LogP contribution >= 0.6 is 23.2 Å². The van der Waals surface area contributed by atoms with Crippen molar-refractivity contribution in [2.24, 2.45) is 0 Å². The number of halogens is 2. The predicted molar refractivity (Wildman–Crippen MR) is 110 cm³/mol. The third-order valence-corrected chi connectivity index (χ3v) is 5.74. The van der Waals surface area contributed by atoms with E-state index in [1.54, 1.807) is 12.1 Å². The molecule has 158 valence electrons. The van der Waals surface area contributed by atoms with Gasteiger partial charge < -0.3 is 23.9 Å². The molecular weight excluding hydrogens is 433 g/mol. The maximum Gasteiger partial charge on any atom is 0.295 e. The molecular formula is C21H19Cl2NO6. The standard InChI is InChI=1S/C21H19Cl2NO6/c1-28-20-13(8-11(22)9-14(20)23)18(25)16-17(15-5-3-7-30-15)24(21(27)19(16)26)10-12-4-2-6-29-12/h3,5,7-9,12,17,25H,2,4,6,10H2,1H3/b18-16-. The predicted octanol–water partition coefficient (Wildman–Crippen LogP) is 4.20. The van der Waals surface area contributed by atoms with Gasteiger partial charge in [-0.3, -0.25) is 9.59 Å². The summed E-state index contributed by atoms with van der Waals surface area (Å²) < 4.78 is 16.5. The van der Waals surface area contributed by atoms with Gasteiger partial charge in [0.25, 0.3) is 11.7 Å². The van der Waals surface area contributed by atoms with Gasteiger partial charge in [-0.05, 0) is 37.1 Å². The Balaban J connectivity index is 1.86. The average molecular weight is 452 g/mol. The number of hydrogen-bond donors (Lipinski definition) is 1. The maximum absolute atomic E-state index is 13.0. The molecule has 0 bridgehead atoms. The smallest absolute Gasteiger partial charge is 0.295 e. The van der Waals surface area contributed by atoms with E-state index in [2.05, 4.69) is 0 Å². The molecule has 0 saturated carbocycles. The van der Waals surface area contributed by atoms with Crippen molar-refractivity contribution in [2.45, 2.75) is 25.0 Å². The number of aliphatic hydroxyl groups excluding tert-OH is 1. The molecule has 2 atom stereocenters. The number of furan rings is 1. The number of ketones is 1. The summed E-state index contributed by atoms with van der Waals surface area (Å²) in [5.74, 6) is -1.51. The number of benzene rings is 1. The minimum absolute atomic E-state index is 0.113. The van der Waals surface area contributed by atoms with Crippen molar-refractivity contribution in [3.8, 4) is 5.75 Å². The first-order valence-corrected chi connectivity index (χ1v) is 10.1. The highest BCUT2D eigenvalue weighted by Crippen LogP contribution is 2.43. The zero-order chi connectivity index (χ0) is 21.4. The third kappa shape index (κ3) is 3.57. The second-order valence-electron chi connectivity index (χ2n) is 7.07. The molecule has 30 heavy (non-hydrogen) atoms. The fourth-order valence-electron chi connectivity index (χ4n) is 3.91. The molecule has 2 unspecified atom stereocenters. The third-order valence-electron chi connectivity index (χ3n) is 5.24. The van der Waals surface area contributed by atoms with E-state index in [0.29, 0.717) is 12.4 Å². The zero-order valence-electron chi connectivity index (χ0n) is 16.1. The molecule has 1 amide bonds. The van der Waals surface area contributed by atoms with Gasteiger partial charge in [0.05, 0.1) is 35.6 Å². The van der Waals surface area contributed by atoms with Crippen LogP contribution in [0.15, 0.2) is 40.5 Å². The van der Waals surface area contributed by atoms with Crippen molar-refractivity contribution < 1.29 is 28.6 Å². The Morgan fingerprint density at radius 1 is 1.33 bits per heavy atom. The summed E-state index contributed by atoms with van der Waals surface area (Å²) in [6, 6.07) is 5.27. The monoisotopic (exact) mass is 451 g/mol. The summed E-state index contributed by atoms with van der Waals surface area (Å²) in [5, 5.41) is 11.5. The van der Waals surface area contributed by atoms with Gasteiger partial charge in [-0.1, -0.05) is 23.2 Å². The summed E-state index contributed by atoms with van der Waals surface area (Å²) >= 11 is 12.3.